The van der Waals surface area contributed by atoms with E-state index in [-0.39, 0.29) is 30.4 Å². The molecule has 1 aromatic rings. The summed E-state index contributed by atoms with van der Waals surface area (Å²) in [6, 6.07) is 7.65. The average molecular weight is 261 g/mol. The van der Waals surface area contributed by atoms with Crippen molar-refractivity contribution in [3.05, 3.63) is 35.4 Å². The first-order chi connectivity index (χ1) is 9.06. The summed E-state index contributed by atoms with van der Waals surface area (Å²) in [6.07, 6.45) is 0. The van der Waals surface area contributed by atoms with E-state index in [1.54, 1.807) is 0 Å². The Hall–Kier alpha value is -1.88. The summed E-state index contributed by atoms with van der Waals surface area (Å²) in [6.45, 7) is 4.51. The van der Waals surface area contributed by atoms with Gasteiger partial charge in [-0.1, -0.05) is 29.8 Å². The van der Waals surface area contributed by atoms with Crippen LogP contribution in [-0.4, -0.2) is 30.9 Å². The Bertz CT molecular complexity index is 477. The van der Waals surface area contributed by atoms with E-state index in [2.05, 4.69) is 22.0 Å². The van der Waals surface area contributed by atoms with Gasteiger partial charge in [0.2, 0.25) is 11.8 Å². The molecule has 1 heterocycles. The zero-order valence-corrected chi connectivity index (χ0v) is 11.2. The highest BCUT2D eigenvalue weighted by Gasteiger charge is 2.24. The van der Waals surface area contributed by atoms with Gasteiger partial charge in [-0.15, -0.1) is 0 Å². The molecule has 1 aromatic carbocycles. The SMILES string of the molecule is Cc1cccc([C@H](C)NC(=O)C2CNC(=O)CN2)c1. The van der Waals surface area contributed by atoms with Gasteiger partial charge in [-0.05, 0) is 19.4 Å². The number of benzene rings is 1. The van der Waals surface area contributed by atoms with E-state index in [9.17, 15) is 9.59 Å². The third kappa shape index (κ3) is 3.54. The normalized spacial score (nSPS) is 20.5. The van der Waals surface area contributed by atoms with Crippen LogP contribution in [0.1, 0.15) is 24.1 Å². The molecule has 1 unspecified atom stereocenters. The lowest BCUT2D eigenvalue weighted by molar-refractivity contribution is -0.127. The van der Waals surface area contributed by atoms with Crippen molar-refractivity contribution in [2.75, 3.05) is 13.1 Å². The topological polar surface area (TPSA) is 70.2 Å². The van der Waals surface area contributed by atoms with Crippen molar-refractivity contribution >= 4 is 11.8 Å². The van der Waals surface area contributed by atoms with Crippen LogP contribution in [0.4, 0.5) is 0 Å². The molecule has 0 saturated carbocycles. The summed E-state index contributed by atoms with van der Waals surface area (Å²) in [5.41, 5.74) is 2.25. The molecule has 19 heavy (non-hydrogen) atoms. The molecule has 1 aliphatic heterocycles. The third-order valence-electron chi connectivity index (χ3n) is 3.23. The molecule has 5 nitrogen and oxygen atoms in total. The van der Waals surface area contributed by atoms with Crippen LogP contribution < -0.4 is 16.0 Å². The van der Waals surface area contributed by atoms with Crippen molar-refractivity contribution in [3.8, 4) is 0 Å². The molecular weight excluding hydrogens is 242 g/mol. The molecule has 2 amide bonds. The molecule has 2 atom stereocenters. The van der Waals surface area contributed by atoms with Crippen LogP contribution in [0, 0.1) is 6.92 Å². The number of nitrogens with one attached hydrogen (secondary N) is 3. The van der Waals surface area contributed by atoms with Gasteiger partial charge in [-0.25, -0.2) is 0 Å². The predicted molar refractivity (Wildman–Crippen MR) is 72.5 cm³/mol. The summed E-state index contributed by atoms with van der Waals surface area (Å²) >= 11 is 0. The molecule has 0 bridgehead atoms. The van der Waals surface area contributed by atoms with Crippen LogP contribution in [0.3, 0.4) is 0 Å². The minimum absolute atomic E-state index is 0.0492. The highest BCUT2D eigenvalue weighted by molar-refractivity contribution is 5.86. The Labute approximate surface area is 112 Å². The Morgan fingerprint density at radius 3 is 2.89 bits per heavy atom. The number of carbonyl (C=O) groups is 2. The van der Waals surface area contributed by atoms with Gasteiger partial charge in [-0.2, -0.15) is 0 Å². The van der Waals surface area contributed by atoms with E-state index >= 15 is 0 Å². The first kappa shape index (κ1) is 13.5. The quantitative estimate of drug-likeness (QED) is 0.731. The molecule has 5 heteroatoms. The summed E-state index contributed by atoms with van der Waals surface area (Å²) in [5, 5.41) is 8.54. The number of carbonyl (C=O) groups excluding carboxylic acids is 2. The van der Waals surface area contributed by atoms with E-state index in [1.165, 1.54) is 5.56 Å². The lowest BCUT2D eigenvalue weighted by atomic mass is 10.1. The summed E-state index contributed by atoms with van der Waals surface area (Å²) in [5.74, 6) is -0.162. The lowest BCUT2D eigenvalue weighted by Gasteiger charge is -2.25. The number of aryl methyl sites for hydroxylation is 1. The number of hydrogen-bond acceptors (Lipinski definition) is 3. The Morgan fingerprint density at radius 1 is 1.47 bits per heavy atom. The second-order valence-electron chi connectivity index (χ2n) is 4.88. The fraction of sp³-hybridized carbons (Fsp3) is 0.429. The van der Waals surface area contributed by atoms with Gasteiger partial charge in [0.25, 0.3) is 0 Å². The van der Waals surface area contributed by atoms with Gasteiger partial charge >= 0.3 is 0 Å². The molecule has 0 aliphatic carbocycles. The van der Waals surface area contributed by atoms with Crippen molar-refractivity contribution in [2.24, 2.45) is 0 Å². The van der Waals surface area contributed by atoms with Crippen LogP contribution in [-0.2, 0) is 9.59 Å². The summed E-state index contributed by atoms with van der Waals surface area (Å²) in [4.78, 5) is 23.1. The first-order valence-electron chi connectivity index (χ1n) is 6.43. The molecule has 102 valence electrons. The van der Waals surface area contributed by atoms with Crippen molar-refractivity contribution in [3.63, 3.8) is 0 Å². The Morgan fingerprint density at radius 2 is 2.26 bits per heavy atom. The largest absolute Gasteiger partial charge is 0.353 e. The standard InChI is InChI=1S/C14H19N3O2/c1-9-4-3-5-11(6-9)10(2)17-14(19)12-7-16-13(18)8-15-12/h3-6,10,12,15H,7-8H2,1-2H3,(H,16,18)(H,17,19)/t10-,12?/m0/s1. The van der Waals surface area contributed by atoms with Gasteiger partial charge in [-0.3, -0.25) is 14.9 Å². The van der Waals surface area contributed by atoms with E-state index in [0.717, 1.165) is 5.56 Å². The lowest BCUT2D eigenvalue weighted by Crippen LogP contribution is -2.58. The monoisotopic (exact) mass is 261 g/mol. The molecule has 2 rings (SSSR count). The van der Waals surface area contributed by atoms with Crippen molar-refractivity contribution in [1.29, 1.82) is 0 Å². The van der Waals surface area contributed by atoms with E-state index in [1.807, 2.05) is 32.0 Å². The van der Waals surface area contributed by atoms with Gasteiger partial charge in [0.1, 0.15) is 6.04 Å². The van der Waals surface area contributed by atoms with Gasteiger partial charge in [0.05, 0.1) is 12.6 Å². The second-order valence-corrected chi connectivity index (χ2v) is 4.88. The highest BCUT2D eigenvalue weighted by atomic mass is 16.2. The number of piperazine rings is 1. The summed E-state index contributed by atoms with van der Waals surface area (Å²) in [7, 11) is 0. The second kappa shape index (κ2) is 5.84. The molecule has 1 saturated heterocycles. The number of rotatable bonds is 3. The maximum absolute atomic E-state index is 12.0. The molecule has 1 fully saturated rings. The average Bonchev–Trinajstić information content (AvgIpc) is 2.39. The number of hydrogen-bond donors (Lipinski definition) is 3. The van der Waals surface area contributed by atoms with Gasteiger partial charge < -0.3 is 10.6 Å². The zero-order valence-electron chi connectivity index (χ0n) is 11.2. The van der Waals surface area contributed by atoms with Crippen molar-refractivity contribution in [2.45, 2.75) is 25.9 Å². The predicted octanol–water partition coefficient (Wildman–Crippen LogP) is 0.260. The molecule has 1 aliphatic rings. The van der Waals surface area contributed by atoms with Crippen LogP contribution in [0.15, 0.2) is 24.3 Å². The maximum Gasteiger partial charge on any atom is 0.239 e. The zero-order chi connectivity index (χ0) is 13.8. The van der Waals surface area contributed by atoms with E-state index in [0.29, 0.717) is 6.54 Å². The van der Waals surface area contributed by atoms with Crippen LogP contribution in [0.25, 0.3) is 0 Å². The number of amides is 2. The highest BCUT2D eigenvalue weighted by Crippen LogP contribution is 2.13. The van der Waals surface area contributed by atoms with Crippen LogP contribution in [0.2, 0.25) is 0 Å². The van der Waals surface area contributed by atoms with Gasteiger partial charge in [0.15, 0.2) is 0 Å². The Kier molecular flexibility index (Phi) is 4.16. The molecule has 0 spiro atoms. The minimum Gasteiger partial charge on any atom is -0.353 e. The fourth-order valence-electron chi connectivity index (χ4n) is 2.09. The van der Waals surface area contributed by atoms with Crippen LogP contribution in [0.5, 0.6) is 0 Å². The third-order valence-corrected chi connectivity index (χ3v) is 3.23. The summed E-state index contributed by atoms with van der Waals surface area (Å²) < 4.78 is 0. The van der Waals surface area contributed by atoms with Crippen LogP contribution >= 0.6 is 0 Å². The van der Waals surface area contributed by atoms with Gasteiger partial charge in [0, 0.05) is 6.54 Å². The fourth-order valence-corrected chi connectivity index (χ4v) is 2.09. The molecular formula is C14H19N3O2. The maximum atomic E-state index is 12.0. The Balaban J connectivity index is 1.93. The van der Waals surface area contributed by atoms with E-state index in [4.69, 9.17) is 0 Å². The first-order valence-corrected chi connectivity index (χ1v) is 6.43. The molecule has 3 N–H and O–H groups in total. The van der Waals surface area contributed by atoms with E-state index < -0.39 is 0 Å². The minimum atomic E-state index is -0.357. The van der Waals surface area contributed by atoms with Crippen molar-refractivity contribution < 1.29 is 9.59 Å². The van der Waals surface area contributed by atoms with Crippen molar-refractivity contribution in [1.82, 2.24) is 16.0 Å². The molecule has 0 radical (unpaired) electrons. The smallest absolute Gasteiger partial charge is 0.239 e. The molecule has 0 aromatic heterocycles.